The number of hydrogen-bond donors (Lipinski definition) is 3. The molecule has 1 aliphatic carbocycles. The molecule has 2 amide bonds. The summed E-state index contributed by atoms with van der Waals surface area (Å²) in [5.74, 6) is -1.26. The van der Waals surface area contributed by atoms with E-state index in [1.165, 1.54) is 26.4 Å². The van der Waals surface area contributed by atoms with E-state index in [1.807, 2.05) is 57.2 Å². The van der Waals surface area contributed by atoms with E-state index in [1.54, 1.807) is 13.0 Å². The molecule has 0 bridgehead atoms. The van der Waals surface area contributed by atoms with Gasteiger partial charge in [0.05, 0.1) is 28.3 Å². The fourth-order valence-electron chi connectivity index (χ4n) is 5.27. The molecule has 11 heteroatoms. The minimum Gasteiger partial charge on any atom is -0.496 e. The van der Waals surface area contributed by atoms with Gasteiger partial charge in [-0.25, -0.2) is 13.6 Å². The van der Waals surface area contributed by atoms with Crippen LogP contribution in [0.1, 0.15) is 86.7 Å². The monoisotopic (exact) mass is 686 g/mol. The van der Waals surface area contributed by atoms with E-state index in [4.69, 9.17) is 21.1 Å². The maximum Gasteiger partial charge on any atom is 0.407 e. The summed E-state index contributed by atoms with van der Waals surface area (Å²) in [7, 11) is 1.53. The highest BCUT2D eigenvalue weighted by Gasteiger charge is 2.23. The minimum absolute atomic E-state index is 0.00497. The van der Waals surface area contributed by atoms with Gasteiger partial charge < -0.3 is 25.2 Å². The van der Waals surface area contributed by atoms with Crippen molar-refractivity contribution >= 4 is 45.0 Å². The summed E-state index contributed by atoms with van der Waals surface area (Å²) < 4.78 is 38.8. The van der Waals surface area contributed by atoms with Crippen molar-refractivity contribution in [2.75, 3.05) is 7.11 Å². The summed E-state index contributed by atoms with van der Waals surface area (Å²) in [6.45, 7) is 7.47. The van der Waals surface area contributed by atoms with Crippen molar-refractivity contribution in [1.29, 1.82) is 0 Å². The van der Waals surface area contributed by atoms with Crippen LogP contribution in [0.5, 0.6) is 5.75 Å². The van der Waals surface area contributed by atoms with Crippen molar-refractivity contribution in [3.05, 3.63) is 87.3 Å². The molecule has 5 rings (SSSR count). The summed E-state index contributed by atoms with van der Waals surface area (Å²) >= 11 is 7.02. The molecule has 7 nitrogen and oxygen atoms in total. The molecule has 0 saturated heterocycles. The first-order valence-corrected chi connectivity index (χ1v) is 16.8. The Morgan fingerprint density at radius 3 is 2.23 bits per heavy atom. The summed E-state index contributed by atoms with van der Waals surface area (Å²) in [6, 6.07) is 15.4. The molecule has 1 unspecified atom stereocenters. The van der Waals surface area contributed by atoms with E-state index in [0.29, 0.717) is 11.8 Å². The lowest BCUT2D eigenvalue weighted by atomic mass is 9.96. The molecule has 3 aromatic carbocycles. The summed E-state index contributed by atoms with van der Waals surface area (Å²) in [4.78, 5) is 24.2. The summed E-state index contributed by atoms with van der Waals surface area (Å²) in [5.41, 5.74) is 2.98. The van der Waals surface area contributed by atoms with Crippen LogP contribution in [-0.4, -0.2) is 35.9 Å². The molecule has 1 aromatic heterocycles. The van der Waals surface area contributed by atoms with Crippen LogP contribution in [-0.2, 0) is 11.3 Å². The Morgan fingerprint density at radius 2 is 1.64 bits per heavy atom. The number of amides is 2. The summed E-state index contributed by atoms with van der Waals surface area (Å²) in [5, 5.41) is 15.2. The number of aliphatic hydroxyl groups excluding tert-OH is 1. The van der Waals surface area contributed by atoms with Gasteiger partial charge in [0, 0.05) is 18.2 Å². The van der Waals surface area contributed by atoms with Crippen LogP contribution in [0.15, 0.2) is 54.6 Å². The molecule has 47 heavy (non-hydrogen) atoms. The first kappa shape index (κ1) is 36.1. The van der Waals surface area contributed by atoms with Crippen LogP contribution in [0.4, 0.5) is 13.6 Å². The van der Waals surface area contributed by atoms with E-state index in [-0.39, 0.29) is 32.6 Å². The lowest BCUT2D eigenvalue weighted by molar-refractivity contribution is 0.0493. The van der Waals surface area contributed by atoms with Gasteiger partial charge >= 0.3 is 6.09 Å². The van der Waals surface area contributed by atoms with Crippen LogP contribution in [0.2, 0.25) is 5.02 Å². The Kier molecular flexibility index (Phi) is 12.2. The molecule has 3 N–H and O–H groups in total. The Bertz CT molecular complexity index is 1700. The van der Waals surface area contributed by atoms with Crippen molar-refractivity contribution < 1.29 is 33.0 Å². The van der Waals surface area contributed by atoms with Crippen LogP contribution in [0.3, 0.4) is 0 Å². The fraction of sp³-hybridized carbons (Fsp3) is 0.389. The molecule has 1 saturated carbocycles. The third-order valence-corrected chi connectivity index (χ3v) is 9.35. The molecule has 0 spiro atoms. The van der Waals surface area contributed by atoms with E-state index >= 15 is 0 Å². The highest BCUT2D eigenvalue weighted by Crippen LogP contribution is 2.38. The number of hydrogen-bond acceptors (Lipinski definition) is 6. The van der Waals surface area contributed by atoms with Crippen molar-refractivity contribution in [3.8, 4) is 16.9 Å². The zero-order valence-electron chi connectivity index (χ0n) is 27.2. The number of benzene rings is 3. The molecule has 4 aromatic rings. The number of alkyl carbamates (subject to hydrolysis) is 1. The highest BCUT2D eigenvalue weighted by atomic mass is 35.5. The van der Waals surface area contributed by atoms with Crippen molar-refractivity contribution in [2.24, 2.45) is 0 Å². The normalized spacial score (nSPS) is 14.1. The Morgan fingerprint density at radius 1 is 1.00 bits per heavy atom. The number of fused-ring (bicyclic) bond motifs is 1. The van der Waals surface area contributed by atoms with E-state index in [2.05, 4.69) is 10.6 Å². The molecule has 0 radical (unpaired) electrons. The van der Waals surface area contributed by atoms with Gasteiger partial charge in [-0.2, -0.15) is 0 Å². The van der Waals surface area contributed by atoms with Gasteiger partial charge in [-0.3, -0.25) is 4.79 Å². The van der Waals surface area contributed by atoms with E-state index < -0.39 is 29.2 Å². The van der Waals surface area contributed by atoms with Gasteiger partial charge in [-0.05, 0) is 81.5 Å². The van der Waals surface area contributed by atoms with Crippen LogP contribution >= 0.6 is 22.9 Å². The number of methoxy groups -OCH3 is 1. The van der Waals surface area contributed by atoms with Crippen LogP contribution in [0, 0.1) is 11.6 Å². The van der Waals surface area contributed by atoms with Crippen molar-refractivity contribution in [3.63, 3.8) is 0 Å². The predicted octanol–water partition coefficient (Wildman–Crippen LogP) is 9.34. The Balaban J connectivity index is 0.000000300. The molecule has 1 fully saturated rings. The minimum atomic E-state index is -0.678. The number of carbonyl (C=O) groups is 2. The second kappa shape index (κ2) is 15.9. The average molecular weight is 687 g/mol. The zero-order valence-corrected chi connectivity index (χ0v) is 28.8. The third kappa shape index (κ3) is 9.65. The molecular formula is C36H41ClF2N2O5S. The number of aliphatic hydroxyl groups is 1. The number of rotatable bonds is 7. The van der Waals surface area contributed by atoms with Gasteiger partial charge in [-0.1, -0.05) is 61.2 Å². The van der Waals surface area contributed by atoms with Gasteiger partial charge in [0.15, 0.2) is 0 Å². The lowest BCUT2D eigenvalue weighted by Gasteiger charge is -2.25. The second-order valence-corrected chi connectivity index (χ2v) is 13.9. The molecule has 252 valence electrons. The van der Waals surface area contributed by atoms with Gasteiger partial charge in [-0.15, -0.1) is 11.3 Å². The zero-order chi connectivity index (χ0) is 34.3. The van der Waals surface area contributed by atoms with Crippen molar-refractivity contribution in [1.82, 2.24) is 10.6 Å². The first-order valence-electron chi connectivity index (χ1n) is 15.6. The first-order chi connectivity index (χ1) is 22.3. The number of halogens is 3. The Labute approximate surface area is 283 Å². The smallest absolute Gasteiger partial charge is 0.407 e. The SMILES string of the molecule is CC(C)(C)OC(=O)NC1CCCCC1.COc1ccc(-c2ccc(C(C)O)cc2)cc1CNC(=O)c1sc2c(F)ccc(F)c2c1Cl. The van der Waals surface area contributed by atoms with E-state index in [9.17, 15) is 23.5 Å². The number of carbonyl (C=O) groups excluding carboxylic acids is 2. The molecule has 1 heterocycles. The van der Waals surface area contributed by atoms with Crippen LogP contribution < -0.4 is 15.4 Å². The maximum atomic E-state index is 14.1. The van der Waals surface area contributed by atoms with E-state index in [0.717, 1.165) is 58.6 Å². The average Bonchev–Trinajstić information content (AvgIpc) is 3.39. The molecular weight excluding hydrogens is 646 g/mol. The lowest BCUT2D eigenvalue weighted by Crippen LogP contribution is -2.39. The molecule has 1 aliphatic rings. The van der Waals surface area contributed by atoms with Crippen LogP contribution in [0.25, 0.3) is 21.2 Å². The number of nitrogens with one attached hydrogen (secondary N) is 2. The number of ether oxygens (including phenoxy) is 2. The quantitative estimate of drug-likeness (QED) is 0.180. The molecule has 1 atom stereocenters. The fourth-order valence-corrected chi connectivity index (χ4v) is 6.74. The summed E-state index contributed by atoms with van der Waals surface area (Å²) in [6.07, 6.45) is 5.11. The van der Waals surface area contributed by atoms with Crippen molar-refractivity contribution in [2.45, 2.75) is 84.1 Å². The third-order valence-electron chi connectivity index (χ3n) is 7.66. The topological polar surface area (TPSA) is 96.9 Å². The standard InChI is InChI=1S/C25H20ClF2NO3S.C11H21NO2/c1-13(30)14-3-5-15(6-4-14)16-7-10-20(32-2)17(11-16)12-29-25(31)24-22(26)21-18(27)8-9-19(28)23(21)33-24;1-11(2,3)14-10(13)12-9-7-5-4-6-8-9/h3-11,13,30H,12H2,1-2H3,(H,29,31);9H,4-8H2,1-3H3,(H,12,13). The largest absolute Gasteiger partial charge is 0.496 e. The second-order valence-electron chi connectivity index (χ2n) is 12.5. The number of thiophene rings is 1. The maximum absolute atomic E-state index is 14.1. The highest BCUT2D eigenvalue weighted by molar-refractivity contribution is 7.21. The molecule has 0 aliphatic heterocycles. The van der Waals surface area contributed by atoms with Gasteiger partial charge in [0.25, 0.3) is 5.91 Å². The van der Waals surface area contributed by atoms with Gasteiger partial charge in [0.2, 0.25) is 0 Å². The Hall–Kier alpha value is -3.73. The predicted molar refractivity (Wildman–Crippen MR) is 183 cm³/mol. The van der Waals surface area contributed by atoms with Gasteiger partial charge in [0.1, 0.15) is 27.9 Å².